The maximum atomic E-state index is 13.2. The average molecular weight is 369 g/mol. The summed E-state index contributed by atoms with van der Waals surface area (Å²) in [6, 6.07) is 15.4. The molecule has 0 bridgehead atoms. The van der Waals surface area contributed by atoms with Gasteiger partial charge in [0.2, 0.25) is 0 Å². The lowest BCUT2D eigenvalue weighted by molar-refractivity contribution is -0.384. The van der Waals surface area contributed by atoms with Gasteiger partial charge in [-0.05, 0) is 38.5 Å². The summed E-state index contributed by atoms with van der Waals surface area (Å²) in [5.74, 6) is -0.184. The topological polar surface area (TPSA) is 75.9 Å². The number of nitrogens with zero attached hydrogens (tertiary/aromatic N) is 3. The van der Waals surface area contributed by atoms with Gasteiger partial charge in [0.05, 0.1) is 11.5 Å². The van der Waals surface area contributed by atoms with Gasteiger partial charge in [0.1, 0.15) is 6.17 Å². The number of nitro benzene ring substituents is 1. The van der Waals surface area contributed by atoms with Crippen LogP contribution in [0.5, 0.6) is 0 Å². The van der Waals surface area contributed by atoms with Crippen LogP contribution >= 0.6 is 0 Å². The third-order valence-corrected chi connectivity index (χ3v) is 4.42. The number of rotatable bonds is 3. The van der Waals surface area contributed by atoms with E-state index in [2.05, 4.69) is 0 Å². The Kier molecular flexibility index (Phi) is 5.25. The van der Waals surface area contributed by atoms with Gasteiger partial charge in [-0.2, -0.15) is 5.06 Å². The van der Waals surface area contributed by atoms with Crippen LogP contribution in [0.15, 0.2) is 54.6 Å². The van der Waals surface area contributed by atoms with Gasteiger partial charge in [0, 0.05) is 29.8 Å². The van der Waals surface area contributed by atoms with E-state index in [0.29, 0.717) is 18.7 Å². The standard InChI is InChI=1S/C20H23N3O4/c1-20(2,3)22-18(15-7-5-4-6-8-15)21(13-14-27-22)19(24)16-9-11-17(12-10-16)23(25)26/h4-12,18H,13-14H2,1-3H3/t18-/m1/s1. The molecule has 3 rings (SSSR count). The second-order valence-electron chi connectivity index (χ2n) is 7.42. The monoisotopic (exact) mass is 369 g/mol. The lowest BCUT2D eigenvalue weighted by Gasteiger charge is -2.48. The number of hydrogen-bond donors (Lipinski definition) is 0. The average Bonchev–Trinajstić information content (AvgIpc) is 2.67. The Labute approximate surface area is 158 Å². The Morgan fingerprint density at radius 2 is 1.74 bits per heavy atom. The van der Waals surface area contributed by atoms with Gasteiger partial charge < -0.3 is 4.90 Å². The number of carbonyl (C=O) groups excluding carboxylic acids is 1. The maximum Gasteiger partial charge on any atom is 0.269 e. The van der Waals surface area contributed by atoms with Gasteiger partial charge in [-0.3, -0.25) is 19.7 Å². The van der Waals surface area contributed by atoms with Crippen molar-refractivity contribution in [3.8, 4) is 0 Å². The molecule has 0 aromatic heterocycles. The van der Waals surface area contributed by atoms with Crippen LogP contribution in [0.25, 0.3) is 0 Å². The maximum absolute atomic E-state index is 13.2. The highest BCUT2D eigenvalue weighted by molar-refractivity contribution is 5.94. The smallest absolute Gasteiger partial charge is 0.269 e. The predicted molar refractivity (Wildman–Crippen MR) is 101 cm³/mol. The summed E-state index contributed by atoms with van der Waals surface area (Å²) in [6.45, 7) is 6.91. The summed E-state index contributed by atoms with van der Waals surface area (Å²) in [5, 5.41) is 12.7. The predicted octanol–water partition coefficient (Wildman–Crippen LogP) is 3.78. The van der Waals surface area contributed by atoms with Crippen LogP contribution in [0.4, 0.5) is 5.69 Å². The molecule has 0 radical (unpaired) electrons. The first kappa shape index (κ1) is 19.0. The first-order valence-electron chi connectivity index (χ1n) is 8.81. The second kappa shape index (κ2) is 7.46. The van der Waals surface area contributed by atoms with Gasteiger partial charge in [-0.25, -0.2) is 0 Å². The first-order valence-corrected chi connectivity index (χ1v) is 8.81. The zero-order valence-electron chi connectivity index (χ0n) is 15.7. The summed E-state index contributed by atoms with van der Waals surface area (Å²) < 4.78 is 0. The molecule has 1 aliphatic heterocycles. The molecular weight excluding hydrogens is 346 g/mol. The fourth-order valence-electron chi connectivity index (χ4n) is 3.16. The van der Waals surface area contributed by atoms with Gasteiger partial charge in [-0.1, -0.05) is 30.3 Å². The summed E-state index contributed by atoms with van der Waals surface area (Å²) >= 11 is 0. The molecule has 1 atom stereocenters. The molecule has 27 heavy (non-hydrogen) atoms. The van der Waals surface area contributed by atoms with Crippen molar-refractivity contribution >= 4 is 11.6 Å². The molecule has 1 amide bonds. The Morgan fingerprint density at radius 1 is 1.11 bits per heavy atom. The van der Waals surface area contributed by atoms with Crippen molar-refractivity contribution in [1.82, 2.24) is 9.96 Å². The Hall–Kier alpha value is -2.77. The van der Waals surface area contributed by atoms with E-state index in [1.165, 1.54) is 24.3 Å². The highest BCUT2D eigenvalue weighted by atomic mass is 16.7. The lowest BCUT2D eigenvalue weighted by atomic mass is 10.0. The number of amides is 1. The van der Waals surface area contributed by atoms with Crippen molar-refractivity contribution in [2.45, 2.75) is 32.5 Å². The van der Waals surface area contributed by atoms with E-state index in [4.69, 9.17) is 4.84 Å². The minimum atomic E-state index is -0.475. The van der Waals surface area contributed by atoms with E-state index in [1.807, 2.05) is 56.2 Å². The highest BCUT2D eigenvalue weighted by Gasteiger charge is 2.40. The van der Waals surface area contributed by atoms with Crippen molar-refractivity contribution in [3.63, 3.8) is 0 Å². The quantitative estimate of drug-likeness (QED) is 0.608. The molecule has 0 saturated carbocycles. The summed E-state index contributed by atoms with van der Waals surface area (Å²) in [5.41, 5.74) is 0.999. The molecule has 1 heterocycles. The van der Waals surface area contributed by atoms with Crippen LogP contribution in [-0.2, 0) is 4.84 Å². The van der Waals surface area contributed by atoms with E-state index in [-0.39, 0.29) is 23.3 Å². The van der Waals surface area contributed by atoms with Crippen LogP contribution < -0.4 is 0 Å². The molecule has 2 aromatic rings. The fourth-order valence-corrected chi connectivity index (χ4v) is 3.16. The third kappa shape index (κ3) is 3.99. The molecule has 0 aliphatic carbocycles. The van der Waals surface area contributed by atoms with E-state index < -0.39 is 4.92 Å². The van der Waals surface area contributed by atoms with E-state index in [0.717, 1.165) is 5.56 Å². The molecule has 1 saturated heterocycles. The summed E-state index contributed by atoms with van der Waals surface area (Å²) in [7, 11) is 0. The molecule has 7 heteroatoms. The van der Waals surface area contributed by atoms with E-state index >= 15 is 0 Å². The molecule has 2 aromatic carbocycles. The molecule has 0 unspecified atom stereocenters. The number of carbonyl (C=O) groups is 1. The Balaban J connectivity index is 1.97. The number of non-ortho nitro benzene ring substituents is 1. The molecule has 0 N–H and O–H groups in total. The minimum Gasteiger partial charge on any atom is -0.314 e. The lowest BCUT2D eigenvalue weighted by Crippen LogP contribution is -2.56. The number of hydrogen-bond acceptors (Lipinski definition) is 5. The van der Waals surface area contributed by atoms with Crippen molar-refractivity contribution < 1.29 is 14.6 Å². The summed E-state index contributed by atoms with van der Waals surface area (Å²) in [4.78, 5) is 31.3. The third-order valence-electron chi connectivity index (χ3n) is 4.42. The van der Waals surface area contributed by atoms with Crippen molar-refractivity contribution in [1.29, 1.82) is 0 Å². The van der Waals surface area contributed by atoms with Crippen LogP contribution in [0.3, 0.4) is 0 Å². The van der Waals surface area contributed by atoms with E-state index in [1.54, 1.807) is 4.90 Å². The minimum absolute atomic E-state index is 0.0375. The van der Waals surface area contributed by atoms with Crippen molar-refractivity contribution in [3.05, 3.63) is 75.8 Å². The zero-order chi connectivity index (χ0) is 19.6. The van der Waals surface area contributed by atoms with Gasteiger partial charge in [-0.15, -0.1) is 0 Å². The van der Waals surface area contributed by atoms with Gasteiger partial charge >= 0.3 is 0 Å². The Bertz CT molecular complexity index is 815. The van der Waals surface area contributed by atoms with Crippen LogP contribution in [-0.4, -0.2) is 39.5 Å². The Morgan fingerprint density at radius 3 is 2.30 bits per heavy atom. The van der Waals surface area contributed by atoms with Gasteiger partial charge in [0.25, 0.3) is 11.6 Å². The molecule has 0 spiro atoms. The van der Waals surface area contributed by atoms with Crippen LogP contribution in [0.2, 0.25) is 0 Å². The molecular formula is C20H23N3O4. The number of benzene rings is 2. The fraction of sp³-hybridized carbons (Fsp3) is 0.350. The van der Waals surface area contributed by atoms with E-state index in [9.17, 15) is 14.9 Å². The largest absolute Gasteiger partial charge is 0.314 e. The molecule has 1 fully saturated rings. The van der Waals surface area contributed by atoms with Crippen LogP contribution in [0.1, 0.15) is 42.9 Å². The molecule has 1 aliphatic rings. The zero-order valence-corrected chi connectivity index (χ0v) is 15.7. The SMILES string of the molecule is CC(C)(C)N1OCCN(C(=O)c2ccc([N+](=O)[O-])cc2)[C@H]1c1ccccc1. The van der Waals surface area contributed by atoms with Crippen molar-refractivity contribution in [2.75, 3.05) is 13.2 Å². The summed E-state index contributed by atoms with van der Waals surface area (Å²) in [6.07, 6.45) is -0.386. The van der Waals surface area contributed by atoms with Crippen LogP contribution in [0, 0.1) is 10.1 Å². The molecule has 142 valence electrons. The number of hydroxylamine groups is 2. The highest BCUT2D eigenvalue weighted by Crippen LogP contribution is 2.35. The number of nitro groups is 1. The normalized spacial score (nSPS) is 18.3. The van der Waals surface area contributed by atoms with Gasteiger partial charge in [0.15, 0.2) is 0 Å². The second-order valence-corrected chi connectivity index (χ2v) is 7.42. The molecule has 7 nitrogen and oxygen atoms in total. The van der Waals surface area contributed by atoms with Crippen molar-refractivity contribution in [2.24, 2.45) is 0 Å². The first-order chi connectivity index (χ1) is 12.8.